The number of fused-ring (bicyclic) bond motifs is 6. The van der Waals surface area contributed by atoms with Gasteiger partial charge in [0.1, 0.15) is 16.9 Å². The summed E-state index contributed by atoms with van der Waals surface area (Å²) in [6, 6.07) is 26.2. The van der Waals surface area contributed by atoms with E-state index in [1.165, 1.54) is 16.2 Å². The van der Waals surface area contributed by atoms with Crippen LogP contribution in [0.3, 0.4) is 0 Å². The van der Waals surface area contributed by atoms with Gasteiger partial charge in [0.2, 0.25) is 0 Å². The Morgan fingerprint density at radius 3 is 2.43 bits per heavy atom. The quantitative estimate of drug-likeness (QED) is 0.333. The maximum atomic E-state index is 10.5. The smallest absolute Gasteiger partial charge is 0.148 e. The van der Waals surface area contributed by atoms with E-state index in [2.05, 4.69) is 53.5 Å². The number of hydrogen-bond acceptors (Lipinski definition) is 3. The van der Waals surface area contributed by atoms with Crippen molar-refractivity contribution >= 4 is 43.5 Å². The van der Waals surface area contributed by atoms with E-state index in [-0.39, 0.29) is 5.75 Å². The predicted octanol–water partition coefficient (Wildman–Crippen LogP) is 6.66. The minimum Gasteiger partial charge on any atom is -0.507 e. The minimum absolute atomic E-state index is 0.167. The van der Waals surface area contributed by atoms with E-state index in [9.17, 15) is 5.11 Å². The number of rotatable bonds is 1. The van der Waals surface area contributed by atoms with Gasteiger partial charge in [-0.15, -0.1) is 0 Å². The van der Waals surface area contributed by atoms with Crippen molar-refractivity contribution in [2.75, 3.05) is 0 Å². The molecule has 4 aromatic carbocycles. The summed E-state index contributed by atoms with van der Waals surface area (Å²) in [5, 5.41) is 17.3. The zero-order valence-electron chi connectivity index (χ0n) is 14.9. The molecule has 0 aliphatic carbocycles. The first-order valence-corrected chi connectivity index (χ1v) is 9.21. The summed E-state index contributed by atoms with van der Waals surface area (Å²) in [7, 11) is 0. The Balaban J connectivity index is 1.77. The van der Waals surface area contributed by atoms with Gasteiger partial charge >= 0.3 is 0 Å². The maximum absolute atomic E-state index is 10.5. The van der Waals surface area contributed by atoms with Gasteiger partial charge in [0, 0.05) is 17.0 Å². The molecule has 0 atom stereocenters. The number of aromatic hydroxyl groups is 1. The second-order valence-electron chi connectivity index (χ2n) is 7.01. The fourth-order valence-electron chi connectivity index (χ4n) is 4.09. The molecule has 0 radical (unpaired) electrons. The predicted molar refractivity (Wildman–Crippen MR) is 114 cm³/mol. The highest BCUT2D eigenvalue weighted by molar-refractivity contribution is 6.18. The van der Waals surface area contributed by atoms with Crippen LogP contribution in [0.2, 0.25) is 0 Å². The van der Waals surface area contributed by atoms with Gasteiger partial charge < -0.3 is 9.52 Å². The third kappa shape index (κ3) is 2.07. The molecule has 6 rings (SSSR count). The molecule has 3 heteroatoms. The molecule has 0 spiro atoms. The Labute approximate surface area is 160 Å². The molecule has 3 nitrogen and oxygen atoms in total. The molecule has 0 aliphatic rings. The third-order valence-corrected chi connectivity index (χ3v) is 5.40. The number of aromatic nitrogens is 1. The fraction of sp³-hybridized carbons (Fsp3) is 0. The molecule has 0 aliphatic heterocycles. The minimum atomic E-state index is 0.167. The van der Waals surface area contributed by atoms with Crippen molar-refractivity contribution in [1.82, 2.24) is 4.98 Å². The second kappa shape index (κ2) is 5.57. The standard InChI is InChI=1S/C25H15NO2/c27-22-11-10-18-20-14-19-16(9-8-15-5-1-2-6-17(15)19)13-23(20)28-25(18)24(22)21-7-3-4-12-26-21/h1-14,27H. The average Bonchev–Trinajstić information content (AvgIpc) is 3.10. The number of phenolic OH excluding ortho intramolecular Hbond substituents is 1. The molecule has 0 amide bonds. The van der Waals surface area contributed by atoms with Crippen molar-refractivity contribution in [2.45, 2.75) is 0 Å². The molecule has 28 heavy (non-hydrogen) atoms. The lowest BCUT2D eigenvalue weighted by Crippen LogP contribution is -1.83. The lowest BCUT2D eigenvalue weighted by atomic mass is 9.99. The van der Waals surface area contributed by atoms with Crippen LogP contribution >= 0.6 is 0 Å². The molecule has 0 fully saturated rings. The largest absolute Gasteiger partial charge is 0.507 e. The SMILES string of the molecule is Oc1ccc2c(oc3cc4ccc5ccccc5c4cc32)c1-c1ccccn1. The fourth-order valence-corrected chi connectivity index (χ4v) is 4.09. The van der Waals surface area contributed by atoms with E-state index in [1.807, 2.05) is 24.3 Å². The average molecular weight is 361 g/mol. The maximum Gasteiger partial charge on any atom is 0.148 e. The highest BCUT2D eigenvalue weighted by atomic mass is 16.3. The van der Waals surface area contributed by atoms with E-state index < -0.39 is 0 Å². The van der Waals surface area contributed by atoms with Crippen LogP contribution in [0.25, 0.3) is 54.7 Å². The Hall–Kier alpha value is -3.85. The highest BCUT2D eigenvalue weighted by Gasteiger charge is 2.17. The van der Waals surface area contributed by atoms with Gasteiger partial charge in [-0.1, -0.05) is 42.5 Å². The van der Waals surface area contributed by atoms with E-state index in [4.69, 9.17) is 4.42 Å². The number of hydrogen-bond donors (Lipinski definition) is 1. The van der Waals surface area contributed by atoms with Crippen LogP contribution in [0.15, 0.2) is 89.5 Å². The molecular weight excluding hydrogens is 346 g/mol. The lowest BCUT2D eigenvalue weighted by Gasteiger charge is -2.04. The summed E-state index contributed by atoms with van der Waals surface area (Å²) in [5.74, 6) is 0.167. The van der Waals surface area contributed by atoms with Crippen molar-refractivity contribution in [3.05, 3.63) is 85.1 Å². The Kier molecular flexibility index (Phi) is 3.03. The van der Waals surface area contributed by atoms with Crippen LogP contribution in [-0.4, -0.2) is 10.1 Å². The summed E-state index contributed by atoms with van der Waals surface area (Å²) in [6.07, 6.45) is 1.72. The first-order chi connectivity index (χ1) is 13.8. The summed E-state index contributed by atoms with van der Waals surface area (Å²) >= 11 is 0. The lowest BCUT2D eigenvalue weighted by molar-refractivity contribution is 0.477. The van der Waals surface area contributed by atoms with E-state index in [1.54, 1.807) is 12.3 Å². The van der Waals surface area contributed by atoms with Gasteiger partial charge in [-0.25, -0.2) is 0 Å². The number of benzene rings is 4. The first kappa shape index (κ1) is 15.2. The molecule has 0 unspecified atom stereocenters. The topological polar surface area (TPSA) is 46.3 Å². The summed E-state index contributed by atoms with van der Waals surface area (Å²) in [5.41, 5.74) is 2.79. The zero-order chi connectivity index (χ0) is 18.7. The highest BCUT2D eigenvalue weighted by Crippen LogP contribution is 2.41. The van der Waals surface area contributed by atoms with Gasteiger partial charge in [0.15, 0.2) is 0 Å². The number of furan rings is 1. The first-order valence-electron chi connectivity index (χ1n) is 9.21. The second-order valence-corrected chi connectivity index (χ2v) is 7.01. The molecular formula is C25H15NO2. The third-order valence-electron chi connectivity index (χ3n) is 5.40. The molecule has 2 aromatic heterocycles. The number of pyridine rings is 1. The summed E-state index contributed by atoms with van der Waals surface area (Å²) in [6.45, 7) is 0. The van der Waals surface area contributed by atoms with Crippen LogP contribution in [0.4, 0.5) is 0 Å². The van der Waals surface area contributed by atoms with Gasteiger partial charge in [-0.3, -0.25) is 4.98 Å². The summed E-state index contributed by atoms with van der Waals surface area (Å²) < 4.78 is 6.24. The molecule has 2 heterocycles. The van der Waals surface area contributed by atoms with E-state index in [0.717, 1.165) is 21.7 Å². The van der Waals surface area contributed by atoms with E-state index >= 15 is 0 Å². The molecule has 0 saturated heterocycles. The van der Waals surface area contributed by atoms with Crippen LogP contribution < -0.4 is 0 Å². The van der Waals surface area contributed by atoms with Crippen molar-refractivity contribution in [3.8, 4) is 17.0 Å². The van der Waals surface area contributed by atoms with Gasteiger partial charge in [-0.2, -0.15) is 0 Å². The molecule has 0 saturated carbocycles. The van der Waals surface area contributed by atoms with Crippen LogP contribution in [0.1, 0.15) is 0 Å². The zero-order valence-corrected chi connectivity index (χ0v) is 14.9. The van der Waals surface area contributed by atoms with E-state index in [0.29, 0.717) is 16.8 Å². The van der Waals surface area contributed by atoms with Crippen LogP contribution in [0, 0.1) is 0 Å². The van der Waals surface area contributed by atoms with Gasteiger partial charge in [0.25, 0.3) is 0 Å². The normalized spacial score (nSPS) is 11.7. The molecule has 1 N–H and O–H groups in total. The Bertz CT molecular complexity index is 1510. The van der Waals surface area contributed by atoms with Crippen LogP contribution in [0.5, 0.6) is 5.75 Å². The van der Waals surface area contributed by atoms with Gasteiger partial charge in [0.05, 0.1) is 11.3 Å². The van der Waals surface area contributed by atoms with Crippen molar-refractivity contribution in [3.63, 3.8) is 0 Å². The van der Waals surface area contributed by atoms with Gasteiger partial charge in [-0.05, 0) is 57.9 Å². The summed E-state index contributed by atoms with van der Waals surface area (Å²) in [4.78, 5) is 4.41. The monoisotopic (exact) mass is 361 g/mol. The number of nitrogens with zero attached hydrogens (tertiary/aromatic N) is 1. The number of phenols is 1. The Morgan fingerprint density at radius 1 is 0.679 bits per heavy atom. The molecule has 0 bridgehead atoms. The molecule has 6 aromatic rings. The van der Waals surface area contributed by atoms with Crippen LogP contribution in [-0.2, 0) is 0 Å². The molecule has 132 valence electrons. The van der Waals surface area contributed by atoms with Crippen molar-refractivity contribution in [2.24, 2.45) is 0 Å². The Morgan fingerprint density at radius 2 is 1.54 bits per heavy atom. The van der Waals surface area contributed by atoms with Crippen molar-refractivity contribution < 1.29 is 9.52 Å². The van der Waals surface area contributed by atoms with Crippen molar-refractivity contribution in [1.29, 1.82) is 0 Å².